The van der Waals surface area contributed by atoms with E-state index in [0.717, 1.165) is 16.9 Å². The summed E-state index contributed by atoms with van der Waals surface area (Å²) in [6, 6.07) is 13.7. The molecule has 0 fully saturated rings. The number of amides is 1. The Balaban J connectivity index is 1.80. The van der Waals surface area contributed by atoms with Crippen LogP contribution in [0.25, 0.3) is 6.08 Å². The zero-order valence-electron chi connectivity index (χ0n) is 13.8. The predicted octanol–water partition coefficient (Wildman–Crippen LogP) is 4.12. The predicted molar refractivity (Wildman–Crippen MR) is 92.0 cm³/mol. The van der Waals surface area contributed by atoms with Gasteiger partial charge in [-0.2, -0.15) is 0 Å². The lowest BCUT2D eigenvalue weighted by Gasteiger charge is -2.25. The molecule has 1 amide bonds. The Hall–Kier alpha value is -2.62. The molecule has 1 N–H and O–H groups in total. The molecule has 3 rings (SSSR count). The van der Waals surface area contributed by atoms with Crippen molar-refractivity contribution in [3.05, 3.63) is 71.0 Å². The minimum atomic E-state index is -0.285. The van der Waals surface area contributed by atoms with Gasteiger partial charge >= 0.3 is 0 Å². The lowest BCUT2D eigenvalue weighted by atomic mass is 9.95. The fraction of sp³-hybridized carbons (Fsp3) is 0.250. The molecule has 0 bridgehead atoms. The van der Waals surface area contributed by atoms with Crippen LogP contribution in [-0.4, -0.2) is 12.5 Å². The van der Waals surface area contributed by atoms with Crippen molar-refractivity contribution in [2.24, 2.45) is 5.92 Å². The van der Waals surface area contributed by atoms with Gasteiger partial charge in [0.15, 0.2) is 0 Å². The van der Waals surface area contributed by atoms with E-state index in [1.165, 1.54) is 12.1 Å². The zero-order valence-corrected chi connectivity index (χ0v) is 13.8. The van der Waals surface area contributed by atoms with Crippen molar-refractivity contribution in [1.29, 1.82) is 0 Å². The number of halogens is 1. The third-order valence-corrected chi connectivity index (χ3v) is 4.11. The molecule has 0 spiro atoms. The maximum Gasteiger partial charge on any atom is 0.251 e. The zero-order chi connectivity index (χ0) is 17.1. The van der Waals surface area contributed by atoms with Crippen molar-refractivity contribution < 1.29 is 13.9 Å². The SMILES string of the molecule is CC(C)[C@H](NC(=O)C1=Cc2ccccc2OC1)c1ccc(F)cc1. The van der Waals surface area contributed by atoms with E-state index in [-0.39, 0.29) is 30.3 Å². The molecule has 2 aromatic carbocycles. The lowest BCUT2D eigenvalue weighted by Crippen LogP contribution is -2.34. The molecule has 0 saturated heterocycles. The van der Waals surface area contributed by atoms with Crippen LogP contribution < -0.4 is 10.1 Å². The molecule has 3 nitrogen and oxygen atoms in total. The third-order valence-electron chi connectivity index (χ3n) is 4.11. The molecule has 4 heteroatoms. The second-order valence-electron chi connectivity index (χ2n) is 6.24. The van der Waals surface area contributed by atoms with Crippen LogP contribution in [0.2, 0.25) is 0 Å². The van der Waals surface area contributed by atoms with E-state index in [2.05, 4.69) is 5.32 Å². The van der Waals surface area contributed by atoms with Gasteiger partial charge in [-0.15, -0.1) is 0 Å². The molecule has 0 aromatic heterocycles. The quantitative estimate of drug-likeness (QED) is 0.918. The largest absolute Gasteiger partial charge is 0.488 e. The molecule has 2 aromatic rings. The van der Waals surface area contributed by atoms with Gasteiger partial charge in [0.25, 0.3) is 5.91 Å². The smallest absolute Gasteiger partial charge is 0.251 e. The Labute approximate surface area is 141 Å². The van der Waals surface area contributed by atoms with Crippen LogP contribution in [0, 0.1) is 11.7 Å². The number of rotatable bonds is 4. The van der Waals surface area contributed by atoms with Gasteiger partial charge in [-0.1, -0.05) is 44.2 Å². The van der Waals surface area contributed by atoms with Gasteiger partial charge in [0.1, 0.15) is 18.2 Å². The van der Waals surface area contributed by atoms with Crippen molar-refractivity contribution in [2.75, 3.05) is 6.61 Å². The molecule has 0 saturated carbocycles. The van der Waals surface area contributed by atoms with E-state index in [1.54, 1.807) is 12.1 Å². The van der Waals surface area contributed by atoms with Crippen LogP contribution in [0.4, 0.5) is 4.39 Å². The number of fused-ring (bicyclic) bond motifs is 1. The topological polar surface area (TPSA) is 38.3 Å². The molecule has 24 heavy (non-hydrogen) atoms. The molecule has 1 aliphatic heterocycles. The molecule has 1 atom stereocenters. The molecule has 0 radical (unpaired) electrons. The second-order valence-corrected chi connectivity index (χ2v) is 6.24. The van der Waals surface area contributed by atoms with Crippen LogP contribution >= 0.6 is 0 Å². The lowest BCUT2D eigenvalue weighted by molar-refractivity contribution is -0.118. The number of hydrogen-bond donors (Lipinski definition) is 1. The van der Waals surface area contributed by atoms with Crippen LogP contribution in [0.5, 0.6) is 5.75 Å². The first-order valence-corrected chi connectivity index (χ1v) is 8.03. The Morgan fingerprint density at radius 1 is 1.12 bits per heavy atom. The fourth-order valence-electron chi connectivity index (χ4n) is 2.79. The summed E-state index contributed by atoms with van der Waals surface area (Å²) in [7, 11) is 0. The highest BCUT2D eigenvalue weighted by molar-refractivity contribution is 5.99. The number of nitrogens with one attached hydrogen (secondary N) is 1. The molecule has 1 heterocycles. The Morgan fingerprint density at radius 3 is 2.54 bits per heavy atom. The van der Waals surface area contributed by atoms with Gasteiger partial charge in [0, 0.05) is 5.56 Å². The average Bonchev–Trinajstić information content (AvgIpc) is 2.59. The molecular weight excluding hydrogens is 305 g/mol. The molecule has 124 valence electrons. The fourth-order valence-corrected chi connectivity index (χ4v) is 2.79. The van der Waals surface area contributed by atoms with Crippen molar-refractivity contribution in [3.8, 4) is 5.75 Å². The Bertz CT molecular complexity index is 765. The highest BCUT2D eigenvalue weighted by atomic mass is 19.1. The number of para-hydroxylation sites is 1. The van der Waals surface area contributed by atoms with Gasteiger partial charge in [0.2, 0.25) is 0 Å². The monoisotopic (exact) mass is 325 g/mol. The highest BCUT2D eigenvalue weighted by Crippen LogP contribution is 2.27. The van der Waals surface area contributed by atoms with E-state index in [1.807, 2.05) is 44.2 Å². The van der Waals surface area contributed by atoms with Gasteiger partial charge in [-0.3, -0.25) is 4.79 Å². The summed E-state index contributed by atoms with van der Waals surface area (Å²) in [6.07, 6.45) is 1.86. The van der Waals surface area contributed by atoms with E-state index in [0.29, 0.717) is 5.57 Å². The Kier molecular flexibility index (Phi) is 4.65. The van der Waals surface area contributed by atoms with Crippen molar-refractivity contribution in [1.82, 2.24) is 5.32 Å². The van der Waals surface area contributed by atoms with Gasteiger partial charge in [-0.05, 0) is 35.8 Å². The maximum atomic E-state index is 13.1. The van der Waals surface area contributed by atoms with E-state index in [9.17, 15) is 9.18 Å². The van der Waals surface area contributed by atoms with Crippen LogP contribution in [0.1, 0.15) is 31.0 Å². The first kappa shape index (κ1) is 16.2. The van der Waals surface area contributed by atoms with Crippen LogP contribution in [0.15, 0.2) is 54.1 Å². The normalized spacial score (nSPS) is 14.4. The summed E-state index contributed by atoms with van der Waals surface area (Å²) < 4.78 is 18.8. The number of carbonyl (C=O) groups is 1. The average molecular weight is 325 g/mol. The number of carbonyl (C=O) groups excluding carboxylic acids is 1. The van der Waals surface area contributed by atoms with Crippen molar-refractivity contribution >= 4 is 12.0 Å². The van der Waals surface area contributed by atoms with E-state index >= 15 is 0 Å². The van der Waals surface area contributed by atoms with Gasteiger partial charge < -0.3 is 10.1 Å². The summed E-state index contributed by atoms with van der Waals surface area (Å²) in [5.74, 6) is 0.518. The first-order chi connectivity index (χ1) is 11.5. The summed E-state index contributed by atoms with van der Waals surface area (Å²) in [5, 5.41) is 3.04. The van der Waals surface area contributed by atoms with E-state index in [4.69, 9.17) is 4.74 Å². The number of benzene rings is 2. The van der Waals surface area contributed by atoms with Crippen LogP contribution in [-0.2, 0) is 4.79 Å². The number of hydrogen-bond acceptors (Lipinski definition) is 2. The van der Waals surface area contributed by atoms with E-state index < -0.39 is 0 Å². The minimum Gasteiger partial charge on any atom is -0.488 e. The summed E-state index contributed by atoms with van der Waals surface area (Å²) in [4.78, 5) is 12.6. The molecule has 0 aliphatic carbocycles. The summed E-state index contributed by atoms with van der Waals surface area (Å²) >= 11 is 0. The minimum absolute atomic E-state index is 0.160. The van der Waals surface area contributed by atoms with Crippen LogP contribution in [0.3, 0.4) is 0 Å². The molecule has 1 aliphatic rings. The molecular formula is C20H20FNO2. The Morgan fingerprint density at radius 2 is 1.83 bits per heavy atom. The third kappa shape index (κ3) is 3.48. The second kappa shape index (κ2) is 6.87. The maximum absolute atomic E-state index is 13.1. The summed E-state index contributed by atoms with van der Waals surface area (Å²) in [5.41, 5.74) is 2.37. The van der Waals surface area contributed by atoms with Crippen molar-refractivity contribution in [2.45, 2.75) is 19.9 Å². The number of ether oxygens (including phenoxy) is 1. The van der Waals surface area contributed by atoms with Crippen molar-refractivity contribution in [3.63, 3.8) is 0 Å². The highest BCUT2D eigenvalue weighted by Gasteiger charge is 2.22. The van der Waals surface area contributed by atoms with Gasteiger partial charge in [-0.25, -0.2) is 4.39 Å². The summed E-state index contributed by atoms with van der Waals surface area (Å²) in [6.45, 7) is 4.29. The van der Waals surface area contributed by atoms with Gasteiger partial charge in [0.05, 0.1) is 11.6 Å². The molecule has 0 unspecified atom stereocenters. The first-order valence-electron chi connectivity index (χ1n) is 8.03. The standard InChI is InChI=1S/C20H20FNO2/c1-13(2)19(14-7-9-17(21)10-8-14)22-20(23)16-11-15-5-3-4-6-18(15)24-12-16/h3-11,13,19H,12H2,1-2H3,(H,22,23)/t19-/m0/s1.